The molecule has 0 rings (SSSR count). The Bertz CT molecular complexity index is 161. The SMILES string of the molecule is CCCC(C)C(O)C=CC(C)=O. The number of allylic oxidation sites excluding steroid dienone is 1. The average Bonchev–Trinajstić information content (AvgIpc) is 2.00. The Morgan fingerprint density at radius 3 is 2.58 bits per heavy atom. The Morgan fingerprint density at radius 2 is 2.17 bits per heavy atom. The van der Waals surface area contributed by atoms with Crippen LogP contribution in [0.15, 0.2) is 12.2 Å². The lowest BCUT2D eigenvalue weighted by atomic mass is 9.99. The van der Waals surface area contributed by atoms with Gasteiger partial charge in [-0.2, -0.15) is 0 Å². The molecule has 0 heterocycles. The lowest BCUT2D eigenvalue weighted by Crippen LogP contribution is -2.14. The monoisotopic (exact) mass is 170 g/mol. The zero-order chi connectivity index (χ0) is 9.56. The molecule has 2 nitrogen and oxygen atoms in total. The maximum Gasteiger partial charge on any atom is 0.152 e. The first-order valence-electron chi connectivity index (χ1n) is 4.44. The Hall–Kier alpha value is -0.630. The summed E-state index contributed by atoms with van der Waals surface area (Å²) in [6.45, 7) is 5.55. The number of aliphatic hydroxyl groups excluding tert-OH is 1. The molecule has 0 aromatic heterocycles. The standard InChI is InChI=1S/C10H18O2/c1-4-5-8(2)10(12)7-6-9(3)11/h6-8,10,12H,4-5H2,1-3H3. The molecule has 0 aliphatic heterocycles. The van der Waals surface area contributed by atoms with Crippen LogP contribution < -0.4 is 0 Å². The van der Waals surface area contributed by atoms with Crippen LogP contribution in [0.5, 0.6) is 0 Å². The van der Waals surface area contributed by atoms with Crippen molar-refractivity contribution in [2.75, 3.05) is 0 Å². The van der Waals surface area contributed by atoms with Crippen LogP contribution in [-0.4, -0.2) is 17.0 Å². The highest BCUT2D eigenvalue weighted by atomic mass is 16.3. The molecule has 0 aliphatic carbocycles. The van der Waals surface area contributed by atoms with E-state index in [9.17, 15) is 9.90 Å². The van der Waals surface area contributed by atoms with Crippen LogP contribution in [0.4, 0.5) is 0 Å². The Balaban J connectivity index is 3.85. The molecule has 2 unspecified atom stereocenters. The number of carbonyl (C=O) groups is 1. The zero-order valence-corrected chi connectivity index (χ0v) is 8.08. The summed E-state index contributed by atoms with van der Waals surface area (Å²) in [6, 6.07) is 0. The van der Waals surface area contributed by atoms with Gasteiger partial charge in [-0.25, -0.2) is 0 Å². The summed E-state index contributed by atoms with van der Waals surface area (Å²) in [5.41, 5.74) is 0. The van der Waals surface area contributed by atoms with Gasteiger partial charge in [-0.1, -0.05) is 26.3 Å². The van der Waals surface area contributed by atoms with E-state index < -0.39 is 6.10 Å². The van der Waals surface area contributed by atoms with Crippen LogP contribution in [0, 0.1) is 5.92 Å². The fourth-order valence-electron chi connectivity index (χ4n) is 1.05. The zero-order valence-electron chi connectivity index (χ0n) is 8.08. The van der Waals surface area contributed by atoms with Gasteiger partial charge in [-0.15, -0.1) is 0 Å². The van der Waals surface area contributed by atoms with Gasteiger partial charge >= 0.3 is 0 Å². The summed E-state index contributed by atoms with van der Waals surface area (Å²) < 4.78 is 0. The van der Waals surface area contributed by atoms with Crippen LogP contribution in [0.25, 0.3) is 0 Å². The maximum atomic E-state index is 10.5. The van der Waals surface area contributed by atoms with Gasteiger partial charge in [0.05, 0.1) is 6.10 Å². The fourth-order valence-corrected chi connectivity index (χ4v) is 1.05. The molecular formula is C10H18O2. The van der Waals surface area contributed by atoms with E-state index in [1.54, 1.807) is 6.08 Å². The average molecular weight is 170 g/mol. The highest BCUT2D eigenvalue weighted by molar-refractivity contribution is 5.87. The second-order valence-corrected chi connectivity index (χ2v) is 3.23. The van der Waals surface area contributed by atoms with Gasteiger partial charge in [0.15, 0.2) is 5.78 Å². The predicted octanol–water partition coefficient (Wildman–Crippen LogP) is 1.93. The highest BCUT2D eigenvalue weighted by Gasteiger charge is 2.09. The molecule has 12 heavy (non-hydrogen) atoms. The number of rotatable bonds is 5. The first kappa shape index (κ1) is 11.4. The summed E-state index contributed by atoms with van der Waals surface area (Å²) in [5, 5.41) is 9.46. The van der Waals surface area contributed by atoms with E-state index in [-0.39, 0.29) is 11.7 Å². The number of hydrogen-bond donors (Lipinski definition) is 1. The molecule has 0 fully saturated rings. The second kappa shape index (κ2) is 5.95. The smallest absolute Gasteiger partial charge is 0.152 e. The Labute approximate surface area is 74.3 Å². The normalized spacial score (nSPS) is 16.3. The van der Waals surface area contributed by atoms with Crippen molar-refractivity contribution in [3.05, 3.63) is 12.2 Å². The van der Waals surface area contributed by atoms with Gasteiger partial charge in [-0.3, -0.25) is 4.79 Å². The van der Waals surface area contributed by atoms with Crippen molar-refractivity contribution in [2.24, 2.45) is 5.92 Å². The van der Waals surface area contributed by atoms with Gasteiger partial charge in [-0.05, 0) is 25.3 Å². The summed E-state index contributed by atoms with van der Waals surface area (Å²) in [6.07, 6.45) is 4.57. The number of carbonyl (C=O) groups excluding carboxylic acids is 1. The van der Waals surface area contributed by atoms with E-state index in [1.807, 2.05) is 6.92 Å². The van der Waals surface area contributed by atoms with Gasteiger partial charge in [0.25, 0.3) is 0 Å². The molecule has 0 radical (unpaired) electrons. The van der Waals surface area contributed by atoms with Crippen molar-refractivity contribution < 1.29 is 9.90 Å². The molecule has 0 bridgehead atoms. The van der Waals surface area contributed by atoms with Gasteiger partial charge in [0.1, 0.15) is 0 Å². The minimum atomic E-state index is -0.478. The number of aliphatic hydroxyl groups is 1. The molecule has 2 atom stereocenters. The molecule has 70 valence electrons. The third kappa shape index (κ3) is 5.08. The van der Waals surface area contributed by atoms with Crippen LogP contribution >= 0.6 is 0 Å². The van der Waals surface area contributed by atoms with Crippen molar-refractivity contribution in [1.29, 1.82) is 0 Å². The van der Waals surface area contributed by atoms with E-state index in [0.717, 1.165) is 12.8 Å². The topological polar surface area (TPSA) is 37.3 Å². The van der Waals surface area contributed by atoms with Crippen LogP contribution in [0.1, 0.15) is 33.6 Å². The molecular weight excluding hydrogens is 152 g/mol. The minimum absolute atomic E-state index is 0.0160. The van der Waals surface area contributed by atoms with E-state index in [4.69, 9.17) is 0 Å². The predicted molar refractivity (Wildman–Crippen MR) is 49.9 cm³/mol. The maximum absolute atomic E-state index is 10.5. The number of hydrogen-bond acceptors (Lipinski definition) is 2. The summed E-state index contributed by atoms with van der Waals surface area (Å²) in [4.78, 5) is 10.5. The summed E-state index contributed by atoms with van der Waals surface area (Å²) in [7, 11) is 0. The lowest BCUT2D eigenvalue weighted by molar-refractivity contribution is -0.112. The van der Waals surface area contributed by atoms with Crippen LogP contribution in [-0.2, 0) is 4.79 Å². The largest absolute Gasteiger partial charge is 0.389 e. The van der Waals surface area contributed by atoms with Crippen molar-refractivity contribution in [1.82, 2.24) is 0 Å². The van der Waals surface area contributed by atoms with Gasteiger partial charge in [0.2, 0.25) is 0 Å². The summed E-state index contributed by atoms with van der Waals surface area (Å²) in [5.74, 6) is 0.225. The molecule has 0 saturated carbocycles. The molecule has 0 aliphatic rings. The third-order valence-electron chi connectivity index (χ3n) is 1.86. The van der Waals surface area contributed by atoms with Crippen molar-refractivity contribution in [3.8, 4) is 0 Å². The van der Waals surface area contributed by atoms with Crippen LogP contribution in [0.2, 0.25) is 0 Å². The fraction of sp³-hybridized carbons (Fsp3) is 0.700. The Kier molecular flexibility index (Phi) is 5.64. The molecule has 0 aromatic rings. The molecule has 2 heteroatoms. The molecule has 0 saturated heterocycles. The first-order valence-corrected chi connectivity index (χ1v) is 4.44. The van der Waals surface area contributed by atoms with E-state index >= 15 is 0 Å². The van der Waals surface area contributed by atoms with Gasteiger partial charge < -0.3 is 5.11 Å². The lowest BCUT2D eigenvalue weighted by Gasteiger charge is -2.13. The van der Waals surface area contributed by atoms with Crippen LogP contribution in [0.3, 0.4) is 0 Å². The second-order valence-electron chi connectivity index (χ2n) is 3.23. The summed E-state index contributed by atoms with van der Waals surface area (Å²) >= 11 is 0. The molecule has 1 N–H and O–H groups in total. The van der Waals surface area contributed by atoms with E-state index in [1.165, 1.54) is 13.0 Å². The van der Waals surface area contributed by atoms with Gasteiger partial charge in [0, 0.05) is 0 Å². The Morgan fingerprint density at radius 1 is 1.58 bits per heavy atom. The van der Waals surface area contributed by atoms with Crippen molar-refractivity contribution >= 4 is 5.78 Å². The highest BCUT2D eigenvalue weighted by Crippen LogP contribution is 2.11. The van der Waals surface area contributed by atoms with E-state index in [0.29, 0.717) is 0 Å². The molecule has 0 spiro atoms. The third-order valence-corrected chi connectivity index (χ3v) is 1.86. The first-order chi connectivity index (χ1) is 5.57. The quantitative estimate of drug-likeness (QED) is 0.640. The minimum Gasteiger partial charge on any atom is -0.389 e. The van der Waals surface area contributed by atoms with Crippen molar-refractivity contribution in [3.63, 3.8) is 0 Å². The number of ketones is 1. The van der Waals surface area contributed by atoms with E-state index in [2.05, 4.69) is 6.92 Å². The molecule has 0 amide bonds. The van der Waals surface area contributed by atoms with Crippen molar-refractivity contribution in [2.45, 2.75) is 39.7 Å². The molecule has 0 aromatic carbocycles.